The van der Waals surface area contributed by atoms with E-state index in [1.807, 2.05) is 0 Å². The zero-order valence-electron chi connectivity index (χ0n) is 8.95. The number of rotatable bonds is 4. The first kappa shape index (κ1) is 12.5. The van der Waals surface area contributed by atoms with E-state index in [2.05, 4.69) is 4.74 Å². The van der Waals surface area contributed by atoms with Crippen LogP contribution in [-0.4, -0.2) is 26.0 Å². The number of ether oxygens (including phenoxy) is 2. The van der Waals surface area contributed by atoms with Gasteiger partial charge in [-0.2, -0.15) is 0 Å². The van der Waals surface area contributed by atoms with E-state index >= 15 is 0 Å². The molecule has 0 spiro atoms. The lowest BCUT2D eigenvalue weighted by molar-refractivity contribution is -0.139. The minimum absolute atomic E-state index is 0.256. The van der Waals surface area contributed by atoms with E-state index in [1.54, 1.807) is 12.1 Å². The van der Waals surface area contributed by atoms with Crippen molar-refractivity contribution in [2.75, 3.05) is 14.2 Å². The fraction of sp³-hybridized carbons (Fsp3) is 0.273. The van der Waals surface area contributed by atoms with Gasteiger partial charge in [0, 0.05) is 5.56 Å². The summed E-state index contributed by atoms with van der Waals surface area (Å²) in [7, 11) is 2.71. The Balaban J connectivity index is 2.93. The Morgan fingerprint density at radius 1 is 1.31 bits per heavy atom. The summed E-state index contributed by atoms with van der Waals surface area (Å²) in [4.78, 5) is 22.6. The largest absolute Gasteiger partial charge is 0.497 e. The Morgan fingerprint density at radius 3 is 2.56 bits per heavy atom. The fourth-order valence-corrected chi connectivity index (χ4v) is 1.37. The molecule has 0 saturated carbocycles. The first-order chi connectivity index (χ1) is 7.58. The molecule has 4 nitrogen and oxygen atoms in total. The summed E-state index contributed by atoms with van der Waals surface area (Å²) in [5.41, 5.74) is 0.256. The number of ketones is 1. The average molecular weight is 243 g/mol. The molecule has 1 aromatic carbocycles. The summed E-state index contributed by atoms with van der Waals surface area (Å²) in [6.45, 7) is 0. The molecule has 1 rings (SSSR count). The van der Waals surface area contributed by atoms with Crippen LogP contribution in [0.1, 0.15) is 16.8 Å². The average Bonchev–Trinajstić information content (AvgIpc) is 2.29. The minimum atomic E-state index is -0.594. The molecule has 0 N–H and O–H groups in total. The summed E-state index contributed by atoms with van der Waals surface area (Å²) >= 11 is 5.85. The Hall–Kier alpha value is -1.55. The van der Waals surface area contributed by atoms with Crippen molar-refractivity contribution in [3.63, 3.8) is 0 Å². The van der Waals surface area contributed by atoms with Gasteiger partial charge in [0.15, 0.2) is 5.78 Å². The van der Waals surface area contributed by atoms with Crippen molar-refractivity contribution < 1.29 is 19.1 Å². The van der Waals surface area contributed by atoms with Gasteiger partial charge in [-0.15, -0.1) is 0 Å². The van der Waals surface area contributed by atoms with Crippen LogP contribution >= 0.6 is 11.6 Å². The SMILES string of the molecule is COC(=O)CC(=O)c1cc(OC)ccc1Cl. The van der Waals surface area contributed by atoms with E-state index in [4.69, 9.17) is 16.3 Å². The highest BCUT2D eigenvalue weighted by atomic mass is 35.5. The molecule has 0 aliphatic carbocycles. The molecule has 0 heterocycles. The molecule has 0 bridgehead atoms. The number of carbonyl (C=O) groups excluding carboxylic acids is 2. The number of hydrogen-bond donors (Lipinski definition) is 0. The highest BCUT2D eigenvalue weighted by Crippen LogP contribution is 2.23. The van der Waals surface area contributed by atoms with Crippen LogP contribution in [0.2, 0.25) is 5.02 Å². The number of benzene rings is 1. The molecule has 0 aliphatic heterocycles. The van der Waals surface area contributed by atoms with E-state index < -0.39 is 11.8 Å². The van der Waals surface area contributed by atoms with Crippen molar-refractivity contribution in [2.24, 2.45) is 0 Å². The highest BCUT2D eigenvalue weighted by Gasteiger charge is 2.15. The van der Waals surface area contributed by atoms with E-state index in [0.717, 1.165) is 0 Å². The zero-order valence-corrected chi connectivity index (χ0v) is 9.71. The van der Waals surface area contributed by atoms with Crippen molar-refractivity contribution in [3.05, 3.63) is 28.8 Å². The molecule has 0 radical (unpaired) electrons. The van der Waals surface area contributed by atoms with E-state index in [-0.39, 0.29) is 17.0 Å². The molecule has 0 aromatic heterocycles. The molecule has 0 amide bonds. The first-order valence-corrected chi connectivity index (χ1v) is 4.90. The van der Waals surface area contributed by atoms with Gasteiger partial charge >= 0.3 is 5.97 Å². The number of halogens is 1. The zero-order chi connectivity index (χ0) is 12.1. The molecular formula is C11H11ClO4. The van der Waals surface area contributed by atoms with Crippen LogP contribution in [-0.2, 0) is 9.53 Å². The fourth-order valence-electron chi connectivity index (χ4n) is 1.14. The maximum absolute atomic E-state index is 11.7. The van der Waals surface area contributed by atoms with Crippen LogP contribution in [0, 0.1) is 0 Å². The Bertz CT molecular complexity index is 414. The molecule has 1 aromatic rings. The standard InChI is InChI=1S/C11H11ClO4/c1-15-7-3-4-9(12)8(5-7)10(13)6-11(14)16-2/h3-5H,6H2,1-2H3. The Morgan fingerprint density at radius 2 is 2.00 bits per heavy atom. The first-order valence-electron chi connectivity index (χ1n) is 4.52. The van der Waals surface area contributed by atoms with Gasteiger partial charge in [-0.25, -0.2) is 0 Å². The normalized spacial score (nSPS) is 9.69. The predicted molar refractivity (Wildman–Crippen MR) is 59.0 cm³/mol. The second-order valence-electron chi connectivity index (χ2n) is 3.02. The molecule has 0 fully saturated rings. The smallest absolute Gasteiger partial charge is 0.313 e. The second-order valence-corrected chi connectivity index (χ2v) is 3.43. The van der Waals surface area contributed by atoms with Gasteiger partial charge in [-0.05, 0) is 18.2 Å². The van der Waals surface area contributed by atoms with Crippen molar-refractivity contribution in [2.45, 2.75) is 6.42 Å². The van der Waals surface area contributed by atoms with Crippen LogP contribution < -0.4 is 4.74 Å². The summed E-state index contributed by atoms with van der Waals surface area (Å²) < 4.78 is 9.37. The monoisotopic (exact) mass is 242 g/mol. The molecule has 0 saturated heterocycles. The molecule has 5 heteroatoms. The number of esters is 1. The summed E-state index contributed by atoms with van der Waals surface area (Å²) in [5, 5.41) is 0.287. The predicted octanol–water partition coefficient (Wildman–Crippen LogP) is 2.09. The van der Waals surface area contributed by atoms with E-state index in [0.29, 0.717) is 5.75 Å². The summed E-state index contributed by atoms with van der Waals surface area (Å²) in [6.07, 6.45) is -0.330. The summed E-state index contributed by atoms with van der Waals surface area (Å²) in [6, 6.07) is 4.68. The molecule has 0 unspecified atom stereocenters. The third-order valence-corrected chi connectivity index (χ3v) is 2.34. The van der Waals surface area contributed by atoms with Crippen LogP contribution in [0.5, 0.6) is 5.75 Å². The number of hydrogen-bond acceptors (Lipinski definition) is 4. The maximum atomic E-state index is 11.7. The Kier molecular flexibility index (Phi) is 4.31. The van der Waals surface area contributed by atoms with E-state index in [9.17, 15) is 9.59 Å². The van der Waals surface area contributed by atoms with Crippen LogP contribution in [0.3, 0.4) is 0 Å². The minimum Gasteiger partial charge on any atom is -0.497 e. The lowest BCUT2D eigenvalue weighted by atomic mass is 10.1. The van der Waals surface area contributed by atoms with Gasteiger partial charge in [0.05, 0.1) is 19.2 Å². The van der Waals surface area contributed by atoms with E-state index in [1.165, 1.54) is 20.3 Å². The van der Waals surface area contributed by atoms with Gasteiger partial charge in [-0.3, -0.25) is 9.59 Å². The third kappa shape index (κ3) is 2.97. The van der Waals surface area contributed by atoms with Crippen molar-refractivity contribution >= 4 is 23.4 Å². The third-order valence-electron chi connectivity index (χ3n) is 2.01. The summed E-state index contributed by atoms with van der Waals surface area (Å²) in [5.74, 6) is -0.475. The van der Waals surface area contributed by atoms with Crippen molar-refractivity contribution in [1.82, 2.24) is 0 Å². The molecule has 86 valence electrons. The maximum Gasteiger partial charge on any atom is 0.313 e. The Labute approximate surface area is 98.1 Å². The molecular weight excluding hydrogens is 232 g/mol. The van der Waals surface area contributed by atoms with Crippen LogP contribution in [0.15, 0.2) is 18.2 Å². The number of carbonyl (C=O) groups is 2. The topological polar surface area (TPSA) is 52.6 Å². The quantitative estimate of drug-likeness (QED) is 0.461. The lowest BCUT2D eigenvalue weighted by Crippen LogP contribution is -2.10. The van der Waals surface area contributed by atoms with Gasteiger partial charge in [-0.1, -0.05) is 11.6 Å². The van der Waals surface area contributed by atoms with Gasteiger partial charge < -0.3 is 9.47 Å². The second kappa shape index (κ2) is 5.51. The highest BCUT2D eigenvalue weighted by molar-refractivity contribution is 6.34. The lowest BCUT2D eigenvalue weighted by Gasteiger charge is -2.05. The number of methoxy groups -OCH3 is 2. The van der Waals surface area contributed by atoms with Gasteiger partial charge in [0.2, 0.25) is 0 Å². The molecule has 0 atom stereocenters. The van der Waals surface area contributed by atoms with Crippen LogP contribution in [0.25, 0.3) is 0 Å². The number of Topliss-reactive ketones (excluding diaryl/α,β-unsaturated/α-hetero) is 1. The van der Waals surface area contributed by atoms with Crippen LogP contribution in [0.4, 0.5) is 0 Å². The van der Waals surface area contributed by atoms with Gasteiger partial charge in [0.1, 0.15) is 12.2 Å². The molecule has 0 aliphatic rings. The van der Waals surface area contributed by atoms with Crippen molar-refractivity contribution in [1.29, 1.82) is 0 Å². The van der Waals surface area contributed by atoms with Crippen molar-refractivity contribution in [3.8, 4) is 5.75 Å². The molecule has 16 heavy (non-hydrogen) atoms. The van der Waals surface area contributed by atoms with Gasteiger partial charge in [0.25, 0.3) is 0 Å².